The van der Waals surface area contributed by atoms with Crippen molar-refractivity contribution in [3.63, 3.8) is 0 Å². The smallest absolute Gasteiger partial charge is 0.264 e. The lowest BCUT2D eigenvalue weighted by molar-refractivity contribution is -0.140. The number of ether oxygens (including phenoxy) is 1. The summed E-state index contributed by atoms with van der Waals surface area (Å²) in [5.74, 6) is 0.170. The van der Waals surface area contributed by atoms with Crippen LogP contribution in [0.15, 0.2) is 108 Å². The first kappa shape index (κ1) is 33.6. The number of sulfonamides is 1. The topological polar surface area (TPSA) is 96.0 Å². The summed E-state index contributed by atoms with van der Waals surface area (Å²) in [7, 11) is -4.21. The van der Waals surface area contributed by atoms with E-state index in [-0.39, 0.29) is 23.0 Å². The highest BCUT2D eigenvalue weighted by atomic mass is 35.5. The molecule has 0 radical (unpaired) electrons. The van der Waals surface area contributed by atoms with Crippen molar-refractivity contribution in [3.8, 4) is 11.5 Å². The van der Waals surface area contributed by atoms with E-state index in [4.69, 9.17) is 16.3 Å². The number of nitrogens with one attached hydrogen (secondary N) is 1. The molecule has 0 saturated heterocycles. The lowest BCUT2D eigenvalue weighted by Gasteiger charge is -2.33. The van der Waals surface area contributed by atoms with Gasteiger partial charge in [0.1, 0.15) is 24.1 Å². The second-order valence-corrected chi connectivity index (χ2v) is 14.0. The highest BCUT2D eigenvalue weighted by Crippen LogP contribution is 2.29. The van der Waals surface area contributed by atoms with Gasteiger partial charge in [0.2, 0.25) is 11.8 Å². The Hall–Kier alpha value is -4.34. The van der Waals surface area contributed by atoms with Gasteiger partial charge >= 0.3 is 0 Å². The van der Waals surface area contributed by atoms with Crippen molar-refractivity contribution in [2.45, 2.75) is 57.6 Å². The number of anilines is 1. The largest absolute Gasteiger partial charge is 0.457 e. The van der Waals surface area contributed by atoms with Crippen LogP contribution in [0.2, 0.25) is 5.02 Å². The van der Waals surface area contributed by atoms with E-state index in [1.807, 2.05) is 58.0 Å². The van der Waals surface area contributed by atoms with Crippen molar-refractivity contribution in [3.05, 3.63) is 119 Å². The molecule has 0 saturated carbocycles. The zero-order chi connectivity index (χ0) is 32.8. The van der Waals surface area contributed by atoms with Crippen LogP contribution in [0.5, 0.6) is 11.5 Å². The minimum Gasteiger partial charge on any atom is -0.457 e. The van der Waals surface area contributed by atoms with Gasteiger partial charge in [-0.15, -0.1) is 0 Å². The molecule has 4 aromatic carbocycles. The highest BCUT2D eigenvalue weighted by molar-refractivity contribution is 7.92. The van der Waals surface area contributed by atoms with Crippen LogP contribution in [0.3, 0.4) is 0 Å². The number of nitrogens with zero attached hydrogens (tertiary/aromatic N) is 2. The number of halogens is 1. The van der Waals surface area contributed by atoms with Crippen molar-refractivity contribution in [2.24, 2.45) is 0 Å². The van der Waals surface area contributed by atoms with E-state index in [9.17, 15) is 18.0 Å². The van der Waals surface area contributed by atoms with Gasteiger partial charge in [0.05, 0.1) is 10.6 Å². The average Bonchev–Trinajstić information content (AvgIpc) is 2.99. The zero-order valence-electron chi connectivity index (χ0n) is 26.0. The number of benzene rings is 4. The van der Waals surface area contributed by atoms with Crippen LogP contribution in [0.1, 0.15) is 38.8 Å². The molecule has 0 spiro atoms. The Bertz CT molecular complexity index is 1720. The van der Waals surface area contributed by atoms with Crippen LogP contribution < -0.4 is 14.4 Å². The van der Waals surface area contributed by atoms with Crippen molar-refractivity contribution in [2.75, 3.05) is 10.8 Å². The molecule has 236 valence electrons. The summed E-state index contributed by atoms with van der Waals surface area (Å²) in [6, 6.07) is 28.2. The van der Waals surface area contributed by atoms with Crippen LogP contribution >= 0.6 is 11.6 Å². The molecule has 0 aliphatic heterocycles. The zero-order valence-corrected chi connectivity index (χ0v) is 27.6. The Morgan fingerprint density at radius 3 is 2.02 bits per heavy atom. The van der Waals surface area contributed by atoms with E-state index >= 15 is 0 Å². The Labute approximate surface area is 270 Å². The highest BCUT2D eigenvalue weighted by Gasteiger charge is 2.33. The normalized spacial score (nSPS) is 12.2. The summed E-state index contributed by atoms with van der Waals surface area (Å²) in [5.41, 5.74) is 1.23. The summed E-state index contributed by atoms with van der Waals surface area (Å²) < 4.78 is 35.2. The fraction of sp³-hybridized carbons (Fsp3) is 0.257. The number of carbonyl (C=O) groups is 2. The summed E-state index contributed by atoms with van der Waals surface area (Å²) in [6.07, 6.45) is 0. The van der Waals surface area contributed by atoms with E-state index < -0.39 is 34.1 Å². The number of para-hydroxylation sites is 1. The number of hydrogen-bond donors (Lipinski definition) is 1. The van der Waals surface area contributed by atoms with E-state index in [1.54, 1.807) is 67.6 Å². The van der Waals surface area contributed by atoms with Crippen LogP contribution in [0.4, 0.5) is 5.69 Å². The number of aryl methyl sites for hydroxylation is 1. The maximum Gasteiger partial charge on any atom is 0.264 e. The number of hydrogen-bond acceptors (Lipinski definition) is 5. The van der Waals surface area contributed by atoms with Crippen molar-refractivity contribution in [1.29, 1.82) is 0 Å². The molecule has 10 heteroatoms. The summed E-state index contributed by atoms with van der Waals surface area (Å²) in [4.78, 5) is 28.8. The molecule has 2 amide bonds. The molecule has 0 aliphatic rings. The Balaban J connectivity index is 1.72. The van der Waals surface area contributed by atoms with Crippen LogP contribution in [-0.4, -0.2) is 43.3 Å². The van der Waals surface area contributed by atoms with Gasteiger partial charge < -0.3 is 15.0 Å². The molecule has 45 heavy (non-hydrogen) atoms. The van der Waals surface area contributed by atoms with E-state index in [2.05, 4.69) is 5.32 Å². The summed E-state index contributed by atoms with van der Waals surface area (Å²) >= 11 is 6.45. The molecule has 8 nitrogen and oxygen atoms in total. The lowest BCUT2D eigenvalue weighted by atomic mass is 10.1. The Morgan fingerprint density at radius 2 is 1.42 bits per heavy atom. The summed E-state index contributed by atoms with van der Waals surface area (Å²) in [6.45, 7) is 8.45. The van der Waals surface area contributed by atoms with E-state index in [0.717, 1.165) is 9.87 Å². The minimum atomic E-state index is -4.21. The van der Waals surface area contributed by atoms with Crippen molar-refractivity contribution in [1.82, 2.24) is 10.2 Å². The van der Waals surface area contributed by atoms with Gasteiger partial charge in [-0.05, 0) is 94.8 Å². The first-order chi connectivity index (χ1) is 21.2. The lowest BCUT2D eigenvalue weighted by Crippen LogP contribution is -2.54. The number of carbonyl (C=O) groups excluding carboxylic acids is 2. The molecule has 0 aliphatic carbocycles. The molecule has 4 aromatic rings. The third-order valence-corrected chi connectivity index (χ3v) is 9.11. The van der Waals surface area contributed by atoms with Gasteiger partial charge in [-0.25, -0.2) is 8.42 Å². The second-order valence-electron chi connectivity index (χ2n) is 11.8. The van der Waals surface area contributed by atoms with Gasteiger partial charge in [-0.1, -0.05) is 65.7 Å². The van der Waals surface area contributed by atoms with Crippen LogP contribution in [0.25, 0.3) is 0 Å². The monoisotopic (exact) mass is 647 g/mol. The average molecular weight is 648 g/mol. The third kappa shape index (κ3) is 8.86. The molecular formula is C35H38ClN3O5S. The predicted molar refractivity (Wildman–Crippen MR) is 178 cm³/mol. The van der Waals surface area contributed by atoms with Crippen LogP contribution in [-0.2, 0) is 26.2 Å². The molecule has 0 fully saturated rings. The first-order valence-electron chi connectivity index (χ1n) is 14.5. The van der Waals surface area contributed by atoms with Crippen molar-refractivity contribution >= 4 is 39.1 Å². The fourth-order valence-corrected chi connectivity index (χ4v) is 6.15. The molecule has 1 atom stereocenters. The standard InChI is InChI=1S/C35H38ClN3O5S/c1-25-15-21-31(22-16-25)45(42,43)39(28-17-19-30(20-18-28)44-29-12-7-6-8-13-29)24-33(40)38(23-27-11-9-10-14-32(27)36)26(2)34(41)37-35(3,4)5/h6-22,26H,23-24H2,1-5H3,(H,37,41)/t26-/m1/s1. The Morgan fingerprint density at radius 1 is 0.844 bits per heavy atom. The van der Waals surface area contributed by atoms with Crippen LogP contribution in [0, 0.1) is 6.92 Å². The van der Waals surface area contributed by atoms with Gasteiger partial charge in [-0.2, -0.15) is 0 Å². The predicted octanol–water partition coefficient (Wildman–Crippen LogP) is 6.97. The molecule has 0 bridgehead atoms. The SMILES string of the molecule is Cc1ccc(S(=O)(=O)N(CC(=O)N(Cc2ccccc2Cl)[C@H](C)C(=O)NC(C)(C)C)c2ccc(Oc3ccccc3)cc2)cc1. The molecular weight excluding hydrogens is 610 g/mol. The number of amides is 2. The fourth-order valence-electron chi connectivity index (χ4n) is 4.54. The van der Waals surface area contributed by atoms with E-state index in [0.29, 0.717) is 22.1 Å². The van der Waals surface area contributed by atoms with Gasteiger partial charge in [-0.3, -0.25) is 13.9 Å². The molecule has 4 rings (SSSR count). The van der Waals surface area contributed by atoms with Crippen molar-refractivity contribution < 1.29 is 22.7 Å². The number of rotatable bonds is 11. The van der Waals surface area contributed by atoms with Gasteiger partial charge in [0.25, 0.3) is 10.0 Å². The third-order valence-electron chi connectivity index (χ3n) is 6.96. The second kappa shape index (κ2) is 14.2. The molecule has 1 N–H and O–H groups in total. The van der Waals surface area contributed by atoms with E-state index in [1.165, 1.54) is 17.0 Å². The summed E-state index contributed by atoms with van der Waals surface area (Å²) in [5, 5.41) is 3.34. The molecule has 0 heterocycles. The quantitative estimate of drug-likeness (QED) is 0.190. The Kier molecular flexibility index (Phi) is 10.6. The first-order valence-corrected chi connectivity index (χ1v) is 16.3. The van der Waals surface area contributed by atoms with Gasteiger partial charge in [0, 0.05) is 17.1 Å². The molecule has 0 aromatic heterocycles. The minimum absolute atomic E-state index is 0.000487. The molecule has 0 unspecified atom stereocenters. The maximum absolute atomic E-state index is 14.2. The van der Waals surface area contributed by atoms with Gasteiger partial charge in [0.15, 0.2) is 0 Å². The maximum atomic E-state index is 14.2.